The number of halogens is 1. The number of thiocarbonyl (C=S) groups is 1. The number of nitrogens with one attached hydrogen (secondary N) is 1. The van der Waals surface area contributed by atoms with Crippen molar-refractivity contribution in [2.45, 2.75) is 6.92 Å². The second kappa shape index (κ2) is 7.51. The lowest BCUT2D eigenvalue weighted by molar-refractivity contribution is -0.121. The molecule has 24 heavy (non-hydrogen) atoms. The number of carbonyl (C=O) groups excluding carboxylic acids is 1. The molecule has 1 heterocycles. The average Bonchev–Trinajstić information content (AvgIpc) is 2.81. The Kier molecular flexibility index (Phi) is 5.38. The highest BCUT2D eigenvalue weighted by Crippen LogP contribution is 2.32. The smallest absolute Gasteiger partial charge is 0.267 e. The Labute approximate surface area is 159 Å². The van der Waals surface area contributed by atoms with Crippen LogP contribution in [0.15, 0.2) is 57.9 Å². The van der Waals surface area contributed by atoms with E-state index in [0.717, 1.165) is 21.3 Å². The molecule has 2 aromatic carbocycles. The molecule has 0 unspecified atom stereocenters. The molecule has 0 radical (unpaired) electrons. The van der Waals surface area contributed by atoms with Gasteiger partial charge in [0.05, 0.1) is 11.6 Å². The van der Waals surface area contributed by atoms with Crippen LogP contribution in [0.25, 0.3) is 6.08 Å². The number of para-hydroxylation sites is 1. The van der Waals surface area contributed by atoms with Crippen molar-refractivity contribution < 1.29 is 4.79 Å². The maximum atomic E-state index is 12.6. The van der Waals surface area contributed by atoms with Crippen molar-refractivity contribution in [2.24, 2.45) is 0 Å². The summed E-state index contributed by atoms with van der Waals surface area (Å²) in [5, 5.41) is 3.28. The Hall–Kier alpha value is -1.63. The second-order valence-corrected chi connectivity index (χ2v) is 7.91. The Morgan fingerprint density at radius 1 is 1.25 bits per heavy atom. The lowest BCUT2D eigenvalue weighted by Gasteiger charge is -2.17. The number of carbonyl (C=O) groups is 1. The number of benzene rings is 2. The molecule has 2 aromatic rings. The molecule has 0 bridgehead atoms. The molecule has 0 aromatic heterocycles. The van der Waals surface area contributed by atoms with E-state index in [2.05, 4.69) is 21.2 Å². The summed E-state index contributed by atoms with van der Waals surface area (Å²) in [6.07, 6.45) is 1.87. The van der Waals surface area contributed by atoms with Crippen LogP contribution < -0.4 is 5.32 Å². The summed E-state index contributed by atoms with van der Waals surface area (Å²) in [6, 6.07) is 15.8. The molecule has 3 rings (SSSR count). The molecule has 122 valence electrons. The summed E-state index contributed by atoms with van der Waals surface area (Å²) in [7, 11) is 0. The van der Waals surface area contributed by atoms with E-state index >= 15 is 0 Å². The number of amides is 1. The summed E-state index contributed by atoms with van der Waals surface area (Å²) in [6.45, 7) is 2.39. The van der Waals surface area contributed by atoms with Crippen LogP contribution >= 0.6 is 39.9 Å². The zero-order valence-corrected chi connectivity index (χ0v) is 16.2. The Balaban J connectivity index is 1.73. The van der Waals surface area contributed by atoms with Crippen molar-refractivity contribution in [3.63, 3.8) is 0 Å². The van der Waals surface area contributed by atoms with Gasteiger partial charge in [-0.15, -0.1) is 0 Å². The van der Waals surface area contributed by atoms with Crippen LogP contribution in [0.1, 0.15) is 11.1 Å². The van der Waals surface area contributed by atoms with E-state index in [9.17, 15) is 4.79 Å². The van der Waals surface area contributed by atoms with E-state index < -0.39 is 0 Å². The zero-order chi connectivity index (χ0) is 17.1. The van der Waals surface area contributed by atoms with Gasteiger partial charge in [-0.3, -0.25) is 9.69 Å². The van der Waals surface area contributed by atoms with E-state index in [-0.39, 0.29) is 5.91 Å². The Morgan fingerprint density at radius 2 is 2.04 bits per heavy atom. The fourth-order valence-corrected chi connectivity index (χ4v) is 3.99. The molecule has 1 amide bonds. The summed E-state index contributed by atoms with van der Waals surface area (Å²) >= 11 is 10.1. The standard InChI is InChI=1S/C18H15BrN2OS2/c1-12-5-2-3-8-15(12)20-11-21-17(22)16(24-18(21)23)10-13-6-4-7-14(19)9-13/h2-10,20H,11H2,1H3. The summed E-state index contributed by atoms with van der Waals surface area (Å²) < 4.78 is 1.55. The van der Waals surface area contributed by atoms with E-state index in [0.29, 0.717) is 15.9 Å². The van der Waals surface area contributed by atoms with Crippen molar-refractivity contribution in [2.75, 3.05) is 12.0 Å². The normalized spacial score (nSPS) is 16.1. The molecule has 0 saturated carbocycles. The maximum Gasteiger partial charge on any atom is 0.267 e. The molecule has 1 aliphatic rings. The van der Waals surface area contributed by atoms with Crippen molar-refractivity contribution in [1.29, 1.82) is 0 Å². The number of nitrogens with zero attached hydrogens (tertiary/aromatic N) is 1. The SMILES string of the molecule is Cc1ccccc1NCN1C(=O)C(=Cc2cccc(Br)c2)SC1=S. The molecule has 1 fully saturated rings. The third-order valence-electron chi connectivity index (χ3n) is 3.59. The second-order valence-electron chi connectivity index (χ2n) is 5.31. The van der Waals surface area contributed by atoms with Crippen LogP contribution in [0.5, 0.6) is 0 Å². The maximum absolute atomic E-state index is 12.6. The number of thioether (sulfide) groups is 1. The van der Waals surface area contributed by atoms with Gasteiger partial charge in [-0.2, -0.15) is 0 Å². The predicted molar refractivity (Wildman–Crippen MR) is 109 cm³/mol. The Bertz CT molecular complexity index is 835. The van der Waals surface area contributed by atoms with E-state index in [1.807, 2.05) is 61.5 Å². The lowest BCUT2D eigenvalue weighted by Crippen LogP contribution is -2.33. The number of hydrogen-bond acceptors (Lipinski definition) is 4. The van der Waals surface area contributed by atoms with Gasteiger partial charge in [-0.25, -0.2) is 0 Å². The molecule has 1 saturated heterocycles. The number of hydrogen-bond donors (Lipinski definition) is 1. The van der Waals surface area contributed by atoms with Crippen LogP contribution in [0.2, 0.25) is 0 Å². The van der Waals surface area contributed by atoms with Gasteiger partial charge in [0.25, 0.3) is 5.91 Å². The van der Waals surface area contributed by atoms with E-state index in [1.54, 1.807) is 4.90 Å². The largest absolute Gasteiger partial charge is 0.367 e. The average molecular weight is 419 g/mol. The highest BCUT2D eigenvalue weighted by Gasteiger charge is 2.31. The van der Waals surface area contributed by atoms with Crippen LogP contribution in [-0.4, -0.2) is 21.8 Å². The van der Waals surface area contributed by atoms with E-state index in [1.165, 1.54) is 11.8 Å². The monoisotopic (exact) mass is 418 g/mol. The zero-order valence-electron chi connectivity index (χ0n) is 13.0. The first kappa shape index (κ1) is 17.2. The van der Waals surface area contributed by atoms with Crippen LogP contribution in [0, 0.1) is 6.92 Å². The van der Waals surface area contributed by atoms with Crippen LogP contribution in [0.4, 0.5) is 5.69 Å². The summed E-state index contributed by atoms with van der Waals surface area (Å²) in [5.74, 6) is -0.0638. The van der Waals surface area contributed by atoms with Gasteiger partial charge in [0.1, 0.15) is 4.32 Å². The highest BCUT2D eigenvalue weighted by molar-refractivity contribution is 9.10. The van der Waals surface area contributed by atoms with Gasteiger partial charge in [0.15, 0.2) is 0 Å². The van der Waals surface area contributed by atoms with Gasteiger partial charge in [-0.05, 0) is 42.3 Å². The predicted octanol–water partition coefficient (Wildman–Crippen LogP) is 5.03. The van der Waals surface area contributed by atoms with Gasteiger partial charge in [0, 0.05) is 10.2 Å². The number of rotatable bonds is 4. The lowest BCUT2D eigenvalue weighted by atomic mass is 10.2. The molecular formula is C18H15BrN2OS2. The van der Waals surface area contributed by atoms with Gasteiger partial charge >= 0.3 is 0 Å². The van der Waals surface area contributed by atoms with Gasteiger partial charge in [-0.1, -0.05) is 70.2 Å². The molecular weight excluding hydrogens is 404 g/mol. The Morgan fingerprint density at radius 3 is 2.79 bits per heavy atom. The minimum absolute atomic E-state index is 0.0638. The minimum atomic E-state index is -0.0638. The molecule has 3 nitrogen and oxygen atoms in total. The number of aryl methyl sites for hydroxylation is 1. The first-order valence-corrected chi connectivity index (χ1v) is 9.37. The molecule has 1 aliphatic heterocycles. The first-order chi connectivity index (χ1) is 11.5. The molecule has 0 aliphatic carbocycles. The number of anilines is 1. The van der Waals surface area contributed by atoms with Crippen molar-refractivity contribution >= 4 is 61.9 Å². The van der Waals surface area contributed by atoms with Crippen LogP contribution in [-0.2, 0) is 4.79 Å². The van der Waals surface area contributed by atoms with Gasteiger partial charge < -0.3 is 5.32 Å². The third-order valence-corrected chi connectivity index (χ3v) is 5.46. The van der Waals surface area contributed by atoms with Crippen molar-refractivity contribution in [1.82, 2.24) is 4.90 Å². The van der Waals surface area contributed by atoms with Crippen molar-refractivity contribution in [3.8, 4) is 0 Å². The summed E-state index contributed by atoms with van der Waals surface area (Å²) in [5.41, 5.74) is 3.10. The highest BCUT2D eigenvalue weighted by atomic mass is 79.9. The molecule has 0 atom stereocenters. The molecule has 0 spiro atoms. The van der Waals surface area contributed by atoms with Crippen LogP contribution in [0.3, 0.4) is 0 Å². The third kappa shape index (κ3) is 3.88. The fraction of sp³-hybridized carbons (Fsp3) is 0.111. The summed E-state index contributed by atoms with van der Waals surface area (Å²) in [4.78, 5) is 14.8. The van der Waals surface area contributed by atoms with Gasteiger partial charge in [0.2, 0.25) is 0 Å². The topological polar surface area (TPSA) is 32.3 Å². The van der Waals surface area contributed by atoms with E-state index in [4.69, 9.17) is 12.2 Å². The fourth-order valence-electron chi connectivity index (χ4n) is 2.32. The molecule has 1 N–H and O–H groups in total. The molecule has 6 heteroatoms. The quantitative estimate of drug-likeness (QED) is 0.557. The minimum Gasteiger partial charge on any atom is -0.367 e. The first-order valence-electron chi connectivity index (χ1n) is 7.35. The van der Waals surface area contributed by atoms with Crippen molar-refractivity contribution in [3.05, 3.63) is 69.0 Å².